The van der Waals surface area contributed by atoms with Gasteiger partial charge in [0.2, 0.25) is 0 Å². The van der Waals surface area contributed by atoms with E-state index >= 15 is 0 Å². The molecule has 0 rings (SSSR count). The summed E-state index contributed by atoms with van der Waals surface area (Å²) in [5.74, 6) is -1.10. The molecule has 0 aliphatic rings. The highest BCUT2D eigenvalue weighted by molar-refractivity contribution is 5.73. The predicted octanol–water partition coefficient (Wildman–Crippen LogP) is 7.27. The lowest BCUT2D eigenvalue weighted by atomic mass is 9.93. The highest BCUT2D eigenvalue weighted by atomic mass is 16.6. The average molecular weight is 499 g/mol. The SMILES string of the molecule is CCCCC(CC)C(=O)OCC(C)(COC(=O)C(CC)CCCC)COC(=O)C(CC)CCCC. The molecule has 0 aliphatic carbocycles. The summed E-state index contributed by atoms with van der Waals surface area (Å²) in [6.07, 6.45) is 10.6. The fraction of sp³-hybridized carbons (Fsp3) is 0.897. The molecule has 0 spiro atoms. The predicted molar refractivity (Wildman–Crippen MR) is 141 cm³/mol. The van der Waals surface area contributed by atoms with E-state index in [4.69, 9.17) is 14.2 Å². The van der Waals surface area contributed by atoms with Gasteiger partial charge in [-0.15, -0.1) is 0 Å². The van der Waals surface area contributed by atoms with Crippen LogP contribution < -0.4 is 0 Å². The second-order valence-electron chi connectivity index (χ2n) is 10.4. The lowest BCUT2D eigenvalue weighted by Crippen LogP contribution is -2.39. The molecule has 6 heteroatoms. The van der Waals surface area contributed by atoms with Crippen LogP contribution in [0.15, 0.2) is 0 Å². The molecule has 35 heavy (non-hydrogen) atoms. The van der Waals surface area contributed by atoms with Gasteiger partial charge in [0.05, 0.1) is 23.2 Å². The first-order chi connectivity index (χ1) is 16.7. The first-order valence-electron chi connectivity index (χ1n) is 14.2. The molecule has 0 fully saturated rings. The van der Waals surface area contributed by atoms with Gasteiger partial charge in [-0.25, -0.2) is 0 Å². The Hall–Kier alpha value is -1.59. The minimum Gasteiger partial charge on any atom is -0.465 e. The zero-order valence-corrected chi connectivity index (χ0v) is 23.8. The third-order valence-electron chi connectivity index (χ3n) is 6.89. The molecule has 206 valence electrons. The molecule has 0 aromatic rings. The fourth-order valence-electron chi connectivity index (χ4n) is 4.03. The lowest BCUT2D eigenvalue weighted by molar-refractivity contribution is -0.166. The van der Waals surface area contributed by atoms with E-state index in [2.05, 4.69) is 20.8 Å². The lowest BCUT2D eigenvalue weighted by Gasteiger charge is -2.30. The minimum atomic E-state index is -0.796. The maximum Gasteiger partial charge on any atom is 0.308 e. The van der Waals surface area contributed by atoms with Gasteiger partial charge in [0.15, 0.2) is 0 Å². The summed E-state index contributed by atoms with van der Waals surface area (Å²) in [6.45, 7) is 14.3. The zero-order valence-electron chi connectivity index (χ0n) is 23.8. The van der Waals surface area contributed by atoms with E-state index in [-0.39, 0.29) is 55.5 Å². The second-order valence-corrected chi connectivity index (χ2v) is 10.4. The van der Waals surface area contributed by atoms with Crippen LogP contribution in [0.4, 0.5) is 0 Å². The molecule has 0 saturated heterocycles. The Morgan fingerprint density at radius 1 is 0.543 bits per heavy atom. The van der Waals surface area contributed by atoms with E-state index in [9.17, 15) is 14.4 Å². The van der Waals surface area contributed by atoms with Crippen LogP contribution in [0.25, 0.3) is 0 Å². The number of carbonyl (C=O) groups is 3. The number of carbonyl (C=O) groups excluding carboxylic acids is 3. The molecule has 0 aromatic carbocycles. The van der Waals surface area contributed by atoms with Gasteiger partial charge in [0.25, 0.3) is 0 Å². The number of esters is 3. The van der Waals surface area contributed by atoms with Crippen molar-refractivity contribution >= 4 is 17.9 Å². The van der Waals surface area contributed by atoms with Gasteiger partial charge >= 0.3 is 17.9 Å². The number of rotatable bonds is 21. The number of unbranched alkanes of at least 4 members (excludes halogenated alkanes) is 3. The van der Waals surface area contributed by atoms with Gasteiger partial charge in [0.1, 0.15) is 19.8 Å². The summed E-state index contributed by atoms with van der Waals surface area (Å²) >= 11 is 0. The highest BCUT2D eigenvalue weighted by Crippen LogP contribution is 2.24. The Bertz CT molecular complexity index is 509. The van der Waals surface area contributed by atoms with E-state index in [1.165, 1.54) is 0 Å². The Morgan fingerprint density at radius 2 is 0.800 bits per heavy atom. The molecule has 0 heterocycles. The smallest absolute Gasteiger partial charge is 0.308 e. The monoisotopic (exact) mass is 498 g/mol. The van der Waals surface area contributed by atoms with Gasteiger partial charge < -0.3 is 14.2 Å². The van der Waals surface area contributed by atoms with Crippen LogP contribution >= 0.6 is 0 Å². The molecule has 0 amide bonds. The molecule has 6 nitrogen and oxygen atoms in total. The fourth-order valence-corrected chi connectivity index (χ4v) is 4.03. The first kappa shape index (κ1) is 33.4. The second kappa shape index (κ2) is 19.6. The average Bonchev–Trinajstić information content (AvgIpc) is 2.86. The van der Waals surface area contributed by atoms with Crippen LogP contribution in [-0.4, -0.2) is 37.7 Å². The van der Waals surface area contributed by atoms with Crippen LogP contribution in [0, 0.1) is 23.2 Å². The van der Waals surface area contributed by atoms with Gasteiger partial charge in [0, 0.05) is 0 Å². The molecule has 0 aliphatic heterocycles. The van der Waals surface area contributed by atoms with E-state index in [0.717, 1.165) is 77.0 Å². The third kappa shape index (κ3) is 13.9. The van der Waals surface area contributed by atoms with Crippen molar-refractivity contribution in [1.82, 2.24) is 0 Å². The third-order valence-corrected chi connectivity index (χ3v) is 6.89. The van der Waals surface area contributed by atoms with Crippen molar-refractivity contribution in [3.63, 3.8) is 0 Å². The van der Waals surface area contributed by atoms with Crippen molar-refractivity contribution in [2.24, 2.45) is 23.2 Å². The molecule has 0 radical (unpaired) electrons. The van der Waals surface area contributed by atoms with E-state index in [0.29, 0.717) is 0 Å². The van der Waals surface area contributed by atoms with Crippen molar-refractivity contribution in [2.75, 3.05) is 19.8 Å². The molecule has 0 bridgehead atoms. The first-order valence-corrected chi connectivity index (χ1v) is 14.2. The van der Waals surface area contributed by atoms with Crippen molar-refractivity contribution < 1.29 is 28.6 Å². The summed E-state index contributed by atoms with van der Waals surface area (Å²) in [4.78, 5) is 38.1. The molecular formula is C29H54O6. The highest BCUT2D eigenvalue weighted by Gasteiger charge is 2.33. The Kier molecular flexibility index (Phi) is 18.7. The maximum absolute atomic E-state index is 12.7. The van der Waals surface area contributed by atoms with Crippen LogP contribution in [0.1, 0.15) is 126 Å². The van der Waals surface area contributed by atoms with Crippen LogP contribution in [-0.2, 0) is 28.6 Å². The molecule has 3 atom stereocenters. The minimum absolute atomic E-state index is 0.0481. The van der Waals surface area contributed by atoms with Crippen LogP contribution in [0.3, 0.4) is 0 Å². The summed E-state index contributed by atoms with van der Waals surface area (Å²) in [7, 11) is 0. The van der Waals surface area contributed by atoms with E-state index in [1.54, 1.807) is 0 Å². The van der Waals surface area contributed by atoms with Crippen molar-refractivity contribution in [2.45, 2.75) is 126 Å². The van der Waals surface area contributed by atoms with Crippen molar-refractivity contribution in [1.29, 1.82) is 0 Å². The molecule has 3 unspecified atom stereocenters. The van der Waals surface area contributed by atoms with Gasteiger partial charge in [-0.2, -0.15) is 0 Å². The summed E-state index contributed by atoms with van der Waals surface area (Å²) in [5.41, 5.74) is -0.796. The Morgan fingerprint density at radius 3 is 1.00 bits per heavy atom. The van der Waals surface area contributed by atoms with Gasteiger partial charge in [-0.1, -0.05) is 80.1 Å². The van der Waals surface area contributed by atoms with Gasteiger partial charge in [-0.3, -0.25) is 14.4 Å². The quantitative estimate of drug-likeness (QED) is 0.122. The number of hydrogen-bond donors (Lipinski definition) is 0. The number of ether oxygens (including phenoxy) is 3. The van der Waals surface area contributed by atoms with Crippen molar-refractivity contribution in [3.8, 4) is 0 Å². The maximum atomic E-state index is 12.7. The summed E-state index contributed by atoms with van der Waals surface area (Å²) in [5, 5.41) is 0. The topological polar surface area (TPSA) is 78.9 Å². The molecular weight excluding hydrogens is 444 g/mol. The normalized spacial score (nSPS) is 15.5. The Balaban J connectivity index is 5.29. The zero-order chi connectivity index (χ0) is 26.7. The standard InChI is InChI=1S/C29H54O6/c1-8-14-17-23(11-4)26(30)33-20-29(7,21-34-27(31)24(12-5)18-15-9-2)22-35-28(32)25(13-6)19-16-10-3/h23-25H,8-22H2,1-7H3. The van der Waals surface area contributed by atoms with Gasteiger partial charge in [-0.05, 0) is 45.4 Å². The van der Waals surface area contributed by atoms with Crippen molar-refractivity contribution in [3.05, 3.63) is 0 Å². The van der Waals surface area contributed by atoms with E-state index in [1.807, 2.05) is 27.7 Å². The summed E-state index contributed by atoms with van der Waals surface area (Å²) in [6, 6.07) is 0. The van der Waals surface area contributed by atoms with Crippen LogP contribution in [0.2, 0.25) is 0 Å². The summed E-state index contributed by atoms with van der Waals surface area (Å²) < 4.78 is 17.1. The molecule has 0 N–H and O–H groups in total. The van der Waals surface area contributed by atoms with Crippen LogP contribution in [0.5, 0.6) is 0 Å². The molecule has 0 saturated carbocycles. The number of hydrogen-bond acceptors (Lipinski definition) is 6. The Labute approximate surface area is 215 Å². The van der Waals surface area contributed by atoms with E-state index < -0.39 is 5.41 Å². The largest absolute Gasteiger partial charge is 0.465 e. The molecule has 0 aromatic heterocycles.